The molecule has 0 bridgehead atoms. The lowest BCUT2D eigenvalue weighted by Crippen LogP contribution is -2.39. The summed E-state index contributed by atoms with van der Waals surface area (Å²) in [6, 6.07) is 0.441. The molecular weight excluding hydrogens is 266 g/mol. The van der Waals surface area contributed by atoms with Crippen LogP contribution in [0.4, 0.5) is 5.95 Å². The summed E-state index contributed by atoms with van der Waals surface area (Å²) in [7, 11) is 1.68. The smallest absolute Gasteiger partial charge is 0.227 e. The first kappa shape index (κ1) is 15.7. The van der Waals surface area contributed by atoms with E-state index in [2.05, 4.69) is 39.3 Å². The summed E-state index contributed by atoms with van der Waals surface area (Å²) in [5.74, 6) is 0.790. The molecule has 6 nitrogen and oxygen atoms in total. The lowest BCUT2D eigenvalue weighted by atomic mass is 9.89. The van der Waals surface area contributed by atoms with E-state index in [1.165, 1.54) is 0 Å². The monoisotopic (exact) mass is 291 g/mol. The Morgan fingerprint density at radius 3 is 2.67 bits per heavy atom. The maximum Gasteiger partial charge on any atom is 0.227 e. The lowest BCUT2D eigenvalue weighted by Gasteiger charge is -2.22. The first-order valence-electron chi connectivity index (χ1n) is 7.46. The van der Waals surface area contributed by atoms with Gasteiger partial charge in [-0.05, 0) is 13.3 Å². The van der Waals surface area contributed by atoms with E-state index in [4.69, 9.17) is 0 Å². The average Bonchev–Trinajstić information content (AvgIpc) is 2.88. The highest BCUT2D eigenvalue weighted by molar-refractivity contribution is 5.83. The third-order valence-corrected chi connectivity index (χ3v) is 3.94. The van der Waals surface area contributed by atoms with Gasteiger partial charge in [0.15, 0.2) is 0 Å². The standard InChI is InChI=1S/C15H25N5O/c1-11(2)17-7-12-8-18-14(19-9-12)20-6-5-15(3,10-20)13(21)16-4/h8-9,11,17H,5-7,10H2,1-4H3,(H,16,21). The van der Waals surface area contributed by atoms with E-state index in [-0.39, 0.29) is 11.3 Å². The fraction of sp³-hybridized carbons (Fsp3) is 0.667. The maximum atomic E-state index is 11.9. The largest absolute Gasteiger partial charge is 0.359 e. The summed E-state index contributed by atoms with van der Waals surface area (Å²) < 4.78 is 0. The zero-order valence-electron chi connectivity index (χ0n) is 13.3. The predicted octanol–water partition coefficient (Wildman–Crippen LogP) is 0.937. The number of amides is 1. The molecule has 6 heteroatoms. The molecule has 1 aromatic heterocycles. The van der Waals surface area contributed by atoms with Crippen LogP contribution in [0.15, 0.2) is 12.4 Å². The predicted molar refractivity (Wildman–Crippen MR) is 83.0 cm³/mol. The normalized spacial score (nSPS) is 21.9. The molecule has 0 aliphatic carbocycles. The summed E-state index contributed by atoms with van der Waals surface area (Å²) >= 11 is 0. The number of anilines is 1. The molecule has 1 atom stereocenters. The van der Waals surface area contributed by atoms with E-state index in [1.807, 2.05) is 19.3 Å². The van der Waals surface area contributed by atoms with Crippen molar-refractivity contribution in [1.29, 1.82) is 0 Å². The third kappa shape index (κ3) is 3.69. The minimum Gasteiger partial charge on any atom is -0.359 e. The molecule has 1 aromatic rings. The molecule has 2 rings (SSSR count). The van der Waals surface area contributed by atoms with Gasteiger partial charge in [-0.2, -0.15) is 0 Å². The summed E-state index contributed by atoms with van der Waals surface area (Å²) in [5.41, 5.74) is 0.719. The third-order valence-electron chi connectivity index (χ3n) is 3.94. The number of nitrogens with zero attached hydrogens (tertiary/aromatic N) is 3. The SMILES string of the molecule is CNC(=O)C1(C)CCN(c2ncc(CNC(C)C)cn2)C1. The molecule has 0 aromatic carbocycles. The minimum atomic E-state index is -0.351. The van der Waals surface area contributed by atoms with Crippen molar-refractivity contribution in [3.8, 4) is 0 Å². The van der Waals surface area contributed by atoms with E-state index in [0.717, 1.165) is 25.1 Å². The van der Waals surface area contributed by atoms with Crippen LogP contribution in [0.25, 0.3) is 0 Å². The number of nitrogens with one attached hydrogen (secondary N) is 2. The van der Waals surface area contributed by atoms with Gasteiger partial charge < -0.3 is 15.5 Å². The molecular formula is C15H25N5O. The first-order chi connectivity index (χ1) is 9.94. The van der Waals surface area contributed by atoms with Gasteiger partial charge in [0, 0.05) is 50.7 Å². The van der Waals surface area contributed by atoms with Crippen LogP contribution in [0.5, 0.6) is 0 Å². The maximum absolute atomic E-state index is 11.9. The van der Waals surface area contributed by atoms with Gasteiger partial charge in [0.1, 0.15) is 0 Å². The second-order valence-electron chi connectivity index (χ2n) is 6.24. The van der Waals surface area contributed by atoms with E-state index in [0.29, 0.717) is 18.5 Å². The van der Waals surface area contributed by atoms with Crippen molar-refractivity contribution in [3.63, 3.8) is 0 Å². The van der Waals surface area contributed by atoms with Gasteiger partial charge >= 0.3 is 0 Å². The van der Waals surface area contributed by atoms with Crippen LogP contribution >= 0.6 is 0 Å². The Hall–Kier alpha value is -1.69. The number of carbonyl (C=O) groups excluding carboxylic acids is 1. The fourth-order valence-corrected chi connectivity index (χ4v) is 2.54. The van der Waals surface area contributed by atoms with Crippen molar-refractivity contribution in [1.82, 2.24) is 20.6 Å². The Labute approximate surface area is 126 Å². The van der Waals surface area contributed by atoms with Crippen LogP contribution in [-0.4, -0.2) is 42.1 Å². The minimum absolute atomic E-state index is 0.0859. The topological polar surface area (TPSA) is 70.2 Å². The summed E-state index contributed by atoms with van der Waals surface area (Å²) in [5, 5.41) is 6.08. The van der Waals surface area contributed by atoms with Crippen molar-refractivity contribution in [3.05, 3.63) is 18.0 Å². The number of carbonyl (C=O) groups is 1. The highest BCUT2D eigenvalue weighted by atomic mass is 16.2. The zero-order valence-corrected chi connectivity index (χ0v) is 13.3. The van der Waals surface area contributed by atoms with Crippen molar-refractivity contribution in [2.24, 2.45) is 5.41 Å². The molecule has 0 saturated carbocycles. The highest BCUT2D eigenvalue weighted by Gasteiger charge is 2.40. The van der Waals surface area contributed by atoms with Gasteiger partial charge in [-0.3, -0.25) is 4.79 Å². The van der Waals surface area contributed by atoms with E-state index in [9.17, 15) is 4.79 Å². The van der Waals surface area contributed by atoms with Crippen LogP contribution in [-0.2, 0) is 11.3 Å². The second-order valence-corrected chi connectivity index (χ2v) is 6.24. The van der Waals surface area contributed by atoms with Crippen LogP contribution < -0.4 is 15.5 Å². The Bertz CT molecular complexity index is 487. The molecule has 2 N–H and O–H groups in total. The molecule has 116 valence electrons. The van der Waals surface area contributed by atoms with Gasteiger partial charge in [-0.1, -0.05) is 13.8 Å². The van der Waals surface area contributed by atoms with Gasteiger partial charge in [0.05, 0.1) is 5.41 Å². The Kier molecular flexibility index (Phi) is 4.77. The van der Waals surface area contributed by atoms with Crippen LogP contribution in [0.2, 0.25) is 0 Å². The van der Waals surface area contributed by atoms with E-state index >= 15 is 0 Å². The number of hydrogen-bond donors (Lipinski definition) is 2. The number of rotatable bonds is 5. The molecule has 1 aliphatic rings. The van der Waals surface area contributed by atoms with Crippen molar-refractivity contribution >= 4 is 11.9 Å². The summed E-state index contributed by atoms with van der Waals surface area (Å²) in [6.45, 7) is 8.46. The quantitative estimate of drug-likeness (QED) is 0.845. The van der Waals surface area contributed by atoms with Crippen molar-refractivity contribution in [2.45, 2.75) is 39.8 Å². The molecule has 1 unspecified atom stereocenters. The van der Waals surface area contributed by atoms with E-state index < -0.39 is 0 Å². The molecule has 0 radical (unpaired) electrons. The van der Waals surface area contributed by atoms with Gasteiger partial charge in [0.2, 0.25) is 11.9 Å². The Balaban J connectivity index is 1.99. The van der Waals surface area contributed by atoms with Crippen LogP contribution in [0.3, 0.4) is 0 Å². The zero-order chi connectivity index (χ0) is 15.5. The number of aromatic nitrogens is 2. The van der Waals surface area contributed by atoms with Crippen molar-refractivity contribution < 1.29 is 4.79 Å². The fourth-order valence-electron chi connectivity index (χ4n) is 2.54. The summed E-state index contributed by atoms with van der Waals surface area (Å²) in [6.07, 6.45) is 4.53. The van der Waals surface area contributed by atoms with Crippen LogP contribution in [0.1, 0.15) is 32.8 Å². The van der Waals surface area contributed by atoms with Crippen LogP contribution in [0, 0.1) is 5.41 Å². The molecule has 1 amide bonds. The van der Waals surface area contributed by atoms with Gasteiger partial charge in [-0.15, -0.1) is 0 Å². The molecule has 1 fully saturated rings. The molecule has 2 heterocycles. The lowest BCUT2D eigenvalue weighted by molar-refractivity contribution is -0.128. The highest BCUT2D eigenvalue weighted by Crippen LogP contribution is 2.31. The van der Waals surface area contributed by atoms with Crippen molar-refractivity contribution in [2.75, 3.05) is 25.0 Å². The number of hydrogen-bond acceptors (Lipinski definition) is 5. The molecule has 21 heavy (non-hydrogen) atoms. The molecule has 0 spiro atoms. The Morgan fingerprint density at radius 2 is 2.10 bits per heavy atom. The average molecular weight is 291 g/mol. The molecule has 1 saturated heterocycles. The Morgan fingerprint density at radius 1 is 1.43 bits per heavy atom. The van der Waals surface area contributed by atoms with Gasteiger partial charge in [0.25, 0.3) is 0 Å². The second kappa shape index (κ2) is 6.39. The first-order valence-corrected chi connectivity index (χ1v) is 7.46. The summed E-state index contributed by atoms with van der Waals surface area (Å²) in [4.78, 5) is 22.9. The van der Waals surface area contributed by atoms with E-state index in [1.54, 1.807) is 7.05 Å². The molecule has 1 aliphatic heterocycles. The van der Waals surface area contributed by atoms with Gasteiger partial charge in [-0.25, -0.2) is 9.97 Å².